The zero-order valence-electron chi connectivity index (χ0n) is 12.6. The Labute approximate surface area is 138 Å². The highest BCUT2D eigenvalue weighted by Gasteiger charge is 2.19. The Morgan fingerprint density at radius 1 is 1.26 bits per heavy atom. The van der Waals surface area contributed by atoms with E-state index < -0.39 is 16.9 Å². The zero-order chi connectivity index (χ0) is 17.0. The van der Waals surface area contributed by atoms with Crippen LogP contribution in [0.15, 0.2) is 42.5 Å². The minimum atomic E-state index is -0.769. The van der Waals surface area contributed by atoms with E-state index in [-0.39, 0.29) is 5.69 Å². The van der Waals surface area contributed by atoms with E-state index >= 15 is 0 Å². The molecule has 7 heteroatoms. The van der Waals surface area contributed by atoms with Crippen LogP contribution in [0, 0.1) is 17.0 Å². The van der Waals surface area contributed by atoms with Crippen molar-refractivity contribution in [3.63, 3.8) is 0 Å². The Morgan fingerprint density at radius 3 is 2.52 bits per heavy atom. The van der Waals surface area contributed by atoms with Crippen LogP contribution in [0.5, 0.6) is 5.75 Å². The van der Waals surface area contributed by atoms with Crippen molar-refractivity contribution in [3.8, 4) is 5.75 Å². The maximum Gasteiger partial charge on any atom is 0.274 e. The number of nitrogens with zero attached hydrogens (tertiary/aromatic N) is 1. The van der Waals surface area contributed by atoms with Gasteiger partial charge in [0.05, 0.1) is 16.2 Å². The van der Waals surface area contributed by atoms with Gasteiger partial charge in [-0.1, -0.05) is 17.7 Å². The second-order valence-electron chi connectivity index (χ2n) is 4.91. The van der Waals surface area contributed by atoms with Gasteiger partial charge in [-0.25, -0.2) is 0 Å². The third-order valence-electron chi connectivity index (χ3n) is 3.26. The number of amides is 1. The maximum absolute atomic E-state index is 12.2. The molecular weight excluding hydrogens is 320 g/mol. The smallest absolute Gasteiger partial charge is 0.274 e. The third-order valence-corrected chi connectivity index (χ3v) is 3.51. The summed E-state index contributed by atoms with van der Waals surface area (Å²) in [6.45, 7) is 3.18. The molecule has 0 aliphatic carbocycles. The van der Waals surface area contributed by atoms with Crippen LogP contribution in [0.1, 0.15) is 12.5 Å². The van der Waals surface area contributed by atoms with Gasteiger partial charge in [-0.3, -0.25) is 14.9 Å². The van der Waals surface area contributed by atoms with Gasteiger partial charge in [0.25, 0.3) is 11.6 Å². The summed E-state index contributed by atoms with van der Waals surface area (Å²) in [5, 5.41) is 14.1. The lowest BCUT2D eigenvalue weighted by atomic mass is 10.1. The molecular formula is C16H15ClN2O4. The molecule has 0 aromatic heterocycles. The fourth-order valence-corrected chi connectivity index (χ4v) is 2.09. The Morgan fingerprint density at radius 2 is 1.91 bits per heavy atom. The zero-order valence-corrected chi connectivity index (χ0v) is 13.3. The number of nitro benzene ring substituents is 1. The monoisotopic (exact) mass is 334 g/mol. The molecule has 0 saturated heterocycles. The summed E-state index contributed by atoms with van der Waals surface area (Å²) in [6, 6.07) is 11.1. The van der Waals surface area contributed by atoms with E-state index in [4.69, 9.17) is 16.3 Å². The van der Waals surface area contributed by atoms with Crippen LogP contribution < -0.4 is 10.1 Å². The minimum Gasteiger partial charge on any atom is -0.481 e. The lowest BCUT2D eigenvalue weighted by Gasteiger charge is -2.15. The standard InChI is InChI=1S/C16H15ClN2O4/c1-10-14(4-3-5-15(10)19(21)22)18-16(20)11(2)23-13-8-6-12(17)7-9-13/h3-9,11H,1-2H3,(H,18,20). The summed E-state index contributed by atoms with van der Waals surface area (Å²) >= 11 is 5.79. The van der Waals surface area contributed by atoms with Gasteiger partial charge in [0, 0.05) is 11.1 Å². The van der Waals surface area contributed by atoms with Crippen LogP contribution in [0.2, 0.25) is 5.02 Å². The molecule has 120 valence electrons. The van der Waals surface area contributed by atoms with E-state index in [9.17, 15) is 14.9 Å². The minimum absolute atomic E-state index is 0.0472. The number of anilines is 1. The van der Waals surface area contributed by atoms with E-state index in [2.05, 4.69) is 5.32 Å². The first-order valence-corrected chi connectivity index (χ1v) is 7.23. The maximum atomic E-state index is 12.2. The number of ether oxygens (including phenoxy) is 1. The van der Waals surface area contributed by atoms with Gasteiger partial charge in [-0.2, -0.15) is 0 Å². The van der Waals surface area contributed by atoms with Crippen molar-refractivity contribution < 1.29 is 14.5 Å². The molecule has 2 aromatic carbocycles. The molecule has 1 N–H and O–H groups in total. The third kappa shape index (κ3) is 4.20. The molecule has 0 fully saturated rings. The van der Waals surface area contributed by atoms with Crippen molar-refractivity contribution in [3.05, 3.63) is 63.2 Å². The molecule has 0 aliphatic heterocycles. The molecule has 23 heavy (non-hydrogen) atoms. The summed E-state index contributed by atoms with van der Waals surface area (Å²) in [7, 11) is 0. The van der Waals surface area contributed by atoms with Gasteiger partial charge in [0.1, 0.15) is 5.75 Å². The van der Waals surface area contributed by atoms with Crippen molar-refractivity contribution in [2.45, 2.75) is 20.0 Å². The second kappa shape index (κ2) is 7.11. The van der Waals surface area contributed by atoms with Crippen LogP contribution in [0.3, 0.4) is 0 Å². The Bertz CT molecular complexity index is 731. The summed E-state index contributed by atoms with van der Waals surface area (Å²) in [5.41, 5.74) is 0.731. The molecule has 0 heterocycles. The number of nitro groups is 1. The van der Waals surface area contributed by atoms with Crippen molar-refractivity contribution in [2.75, 3.05) is 5.32 Å². The van der Waals surface area contributed by atoms with Gasteiger partial charge in [0.15, 0.2) is 6.10 Å². The van der Waals surface area contributed by atoms with Gasteiger partial charge < -0.3 is 10.1 Å². The van der Waals surface area contributed by atoms with Crippen molar-refractivity contribution in [1.82, 2.24) is 0 Å². The number of halogens is 1. The predicted molar refractivity (Wildman–Crippen MR) is 88.0 cm³/mol. The van der Waals surface area contributed by atoms with Crippen LogP contribution in [-0.4, -0.2) is 16.9 Å². The summed E-state index contributed by atoms with van der Waals surface area (Å²) in [6.07, 6.45) is -0.769. The van der Waals surface area contributed by atoms with Crippen molar-refractivity contribution >= 4 is 28.9 Å². The summed E-state index contributed by atoms with van der Waals surface area (Å²) in [5.74, 6) is 0.108. The van der Waals surface area contributed by atoms with Crippen LogP contribution in [0.25, 0.3) is 0 Å². The molecule has 0 radical (unpaired) electrons. The SMILES string of the molecule is Cc1c(NC(=O)C(C)Oc2ccc(Cl)cc2)cccc1[N+](=O)[O-]. The van der Waals surface area contributed by atoms with E-state index in [1.54, 1.807) is 44.2 Å². The van der Waals surface area contributed by atoms with Crippen LogP contribution in [-0.2, 0) is 4.79 Å². The Hall–Kier alpha value is -2.60. The number of carbonyl (C=O) groups excluding carboxylic acids is 1. The molecule has 1 atom stereocenters. The van der Waals surface area contributed by atoms with Gasteiger partial charge in [-0.15, -0.1) is 0 Å². The highest BCUT2D eigenvalue weighted by molar-refractivity contribution is 6.30. The molecule has 0 aliphatic rings. The average molecular weight is 335 g/mol. The number of benzene rings is 2. The van der Waals surface area contributed by atoms with Gasteiger partial charge in [0.2, 0.25) is 0 Å². The first-order chi connectivity index (χ1) is 10.9. The first kappa shape index (κ1) is 16.8. The lowest BCUT2D eigenvalue weighted by Crippen LogP contribution is -2.30. The normalized spacial score (nSPS) is 11.6. The average Bonchev–Trinajstić information content (AvgIpc) is 2.51. The van der Waals surface area contributed by atoms with E-state index in [1.807, 2.05) is 0 Å². The molecule has 6 nitrogen and oxygen atoms in total. The van der Waals surface area contributed by atoms with Crippen LogP contribution >= 0.6 is 11.6 Å². The first-order valence-electron chi connectivity index (χ1n) is 6.85. The van der Waals surface area contributed by atoms with E-state index in [1.165, 1.54) is 12.1 Å². The summed E-state index contributed by atoms with van der Waals surface area (Å²) < 4.78 is 5.52. The quantitative estimate of drug-likeness (QED) is 0.662. The fourth-order valence-electron chi connectivity index (χ4n) is 1.96. The van der Waals surface area contributed by atoms with Crippen molar-refractivity contribution in [2.24, 2.45) is 0 Å². The molecule has 1 amide bonds. The molecule has 1 unspecified atom stereocenters. The molecule has 0 spiro atoms. The Balaban J connectivity index is 2.08. The van der Waals surface area contributed by atoms with Crippen LogP contribution in [0.4, 0.5) is 11.4 Å². The highest BCUT2D eigenvalue weighted by atomic mass is 35.5. The number of hydrogen-bond acceptors (Lipinski definition) is 4. The van der Waals surface area contributed by atoms with E-state index in [0.717, 1.165) is 0 Å². The lowest BCUT2D eigenvalue weighted by molar-refractivity contribution is -0.385. The fraction of sp³-hybridized carbons (Fsp3) is 0.188. The molecule has 0 saturated carbocycles. The summed E-state index contributed by atoms with van der Waals surface area (Å²) in [4.78, 5) is 22.6. The number of nitrogens with one attached hydrogen (secondary N) is 1. The molecule has 0 bridgehead atoms. The van der Waals surface area contributed by atoms with E-state index in [0.29, 0.717) is 22.0 Å². The molecule has 2 aromatic rings. The Kier molecular flexibility index (Phi) is 5.18. The van der Waals surface area contributed by atoms with Crippen molar-refractivity contribution in [1.29, 1.82) is 0 Å². The largest absolute Gasteiger partial charge is 0.481 e. The predicted octanol–water partition coefficient (Wildman–Crippen LogP) is 3.96. The topological polar surface area (TPSA) is 81.5 Å². The van der Waals surface area contributed by atoms with Gasteiger partial charge >= 0.3 is 0 Å². The highest BCUT2D eigenvalue weighted by Crippen LogP contribution is 2.25. The number of rotatable bonds is 5. The molecule has 2 rings (SSSR count). The van der Waals surface area contributed by atoms with Gasteiger partial charge in [-0.05, 0) is 44.2 Å². The number of carbonyl (C=O) groups is 1. The number of hydrogen-bond donors (Lipinski definition) is 1. The second-order valence-corrected chi connectivity index (χ2v) is 5.35.